The van der Waals surface area contributed by atoms with Crippen molar-refractivity contribution in [2.24, 2.45) is 5.92 Å². The average Bonchev–Trinajstić information content (AvgIpc) is 3.24. The zero-order valence-corrected chi connectivity index (χ0v) is 18.6. The molecule has 0 unspecified atom stereocenters. The third kappa shape index (κ3) is 5.30. The van der Waals surface area contributed by atoms with Gasteiger partial charge in [-0.25, -0.2) is 4.98 Å². The van der Waals surface area contributed by atoms with Gasteiger partial charge in [0.05, 0.1) is 12.2 Å². The lowest BCUT2D eigenvalue weighted by molar-refractivity contribution is 0.0720. The normalized spacial score (nSPS) is 11.1. The molecule has 4 rings (SSSR count). The molecule has 0 N–H and O–H groups in total. The maximum absolute atomic E-state index is 13.0. The van der Waals surface area contributed by atoms with Gasteiger partial charge < -0.3 is 9.64 Å². The van der Waals surface area contributed by atoms with Crippen molar-refractivity contribution in [2.75, 3.05) is 6.54 Å². The summed E-state index contributed by atoms with van der Waals surface area (Å²) < 4.78 is 6.07. The monoisotopic (exact) mass is 430 g/mol. The fourth-order valence-corrected chi connectivity index (χ4v) is 4.26. The first-order valence-electron chi connectivity index (χ1n) is 10.5. The van der Waals surface area contributed by atoms with E-state index < -0.39 is 0 Å². The van der Waals surface area contributed by atoms with Gasteiger partial charge in [0, 0.05) is 22.9 Å². The molecule has 0 aliphatic heterocycles. The summed E-state index contributed by atoms with van der Waals surface area (Å²) in [6, 6.07) is 23.7. The van der Waals surface area contributed by atoms with E-state index >= 15 is 0 Å². The quantitative estimate of drug-likeness (QED) is 0.335. The van der Waals surface area contributed by atoms with Gasteiger partial charge in [0.1, 0.15) is 17.4 Å². The summed E-state index contributed by atoms with van der Waals surface area (Å²) in [4.78, 5) is 19.6. The van der Waals surface area contributed by atoms with Crippen LogP contribution in [0, 0.1) is 5.92 Å². The van der Waals surface area contributed by atoms with Crippen molar-refractivity contribution in [2.45, 2.75) is 27.0 Å². The van der Waals surface area contributed by atoms with Crippen LogP contribution in [0.15, 0.2) is 78.2 Å². The van der Waals surface area contributed by atoms with Gasteiger partial charge in [0.15, 0.2) is 0 Å². The number of aromatic nitrogens is 1. The van der Waals surface area contributed by atoms with Crippen LogP contribution in [0.4, 0.5) is 0 Å². The molecule has 0 atom stereocenters. The number of ether oxygens (including phenoxy) is 1. The Bertz CT molecular complexity index is 1150. The molecule has 1 aromatic heterocycles. The number of hydrogen-bond donors (Lipinski definition) is 0. The second kappa shape index (κ2) is 9.75. The lowest BCUT2D eigenvalue weighted by Crippen LogP contribution is -2.33. The summed E-state index contributed by atoms with van der Waals surface area (Å²) in [5.74, 6) is 1.27. The van der Waals surface area contributed by atoms with Gasteiger partial charge in [0.25, 0.3) is 5.91 Å². The molecule has 0 fully saturated rings. The summed E-state index contributed by atoms with van der Waals surface area (Å²) >= 11 is 1.57. The number of fused-ring (bicyclic) bond motifs is 1. The first kappa shape index (κ1) is 21.1. The van der Waals surface area contributed by atoms with E-state index in [0.29, 0.717) is 31.2 Å². The van der Waals surface area contributed by atoms with E-state index in [4.69, 9.17) is 9.72 Å². The molecular formula is C26H26N2O2S. The molecule has 0 radical (unpaired) electrons. The largest absolute Gasteiger partial charge is 0.486 e. The molecule has 4 nitrogen and oxygen atoms in total. The van der Waals surface area contributed by atoms with E-state index in [9.17, 15) is 4.79 Å². The molecule has 158 valence electrons. The van der Waals surface area contributed by atoms with Gasteiger partial charge in [-0.1, -0.05) is 68.4 Å². The van der Waals surface area contributed by atoms with Gasteiger partial charge in [-0.3, -0.25) is 4.79 Å². The van der Waals surface area contributed by atoms with Crippen LogP contribution in [0.3, 0.4) is 0 Å². The molecule has 0 saturated heterocycles. The lowest BCUT2D eigenvalue weighted by atomic mass is 10.1. The van der Waals surface area contributed by atoms with Crippen LogP contribution < -0.4 is 4.74 Å². The highest BCUT2D eigenvalue weighted by Crippen LogP contribution is 2.26. The number of carbonyl (C=O) groups excluding carboxylic acids is 1. The van der Waals surface area contributed by atoms with Crippen LogP contribution in [0.25, 0.3) is 10.8 Å². The van der Waals surface area contributed by atoms with Crippen LogP contribution in [0.2, 0.25) is 0 Å². The predicted molar refractivity (Wildman–Crippen MR) is 126 cm³/mol. The van der Waals surface area contributed by atoms with Gasteiger partial charge in [-0.15, -0.1) is 11.3 Å². The molecule has 0 aliphatic rings. The minimum absolute atomic E-state index is 0.0378. The maximum Gasteiger partial charge on any atom is 0.254 e. The Balaban J connectivity index is 1.45. The molecule has 1 heterocycles. The molecule has 3 aromatic carbocycles. The van der Waals surface area contributed by atoms with Crippen molar-refractivity contribution < 1.29 is 9.53 Å². The van der Waals surface area contributed by atoms with E-state index in [-0.39, 0.29) is 5.91 Å². The molecular weight excluding hydrogens is 404 g/mol. The average molecular weight is 431 g/mol. The second-order valence-corrected chi connectivity index (χ2v) is 8.89. The highest BCUT2D eigenvalue weighted by molar-refractivity contribution is 7.09. The summed E-state index contributed by atoms with van der Waals surface area (Å²) in [6.45, 7) is 5.84. The predicted octanol–water partition coefficient (Wildman–Crippen LogP) is 6.17. The van der Waals surface area contributed by atoms with Crippen LogP contribution in [0.1, 0.15) is 34.9 Å². The Hall–Kier alpha value is -3.18. The van der Waals surface area contributed by atoms with E-state index in [1.807, 2.05) is 64.9 Å². The Morgan fingerprint density at radius 2 is 1.74 bits per heavy atom. The molecule has 0 saturated carbocycles. The van der Waals surface area contributed by atoms with Crippen LogP contribution in [-0.2, 0) is 13.2 Å². The summed E-state index contributed by atoms with van der Waals surface area (Å²) in [5.41, 5.74) is 1.60. The third-order valence-corrected chi connectivity index (χ3v) is 5.82. The Morgan fingerprint density at radius 3 is 2.55 bits per heavy atom. The van der Waals surface area contributed by atoms with Gasteiger partial charge in [-0.2, -0.15) is 0 Å². The SMILES string of the molecule is CC(C)CN(Cc1csc(COc2cccc3ccccc23)n1)C(=O)c1ccccc1. The third-order valence-electron chi connectivity index (χ3n) is 4.95. The maximum atomic E-state index is 13.0. The first-order chi connectivity index (χ1) is 15.1. The van der Waals surface area contributed by atoms with E-state index in [1.54, 1.807) is 11.3 Å². The molecule has 0 spiro atoms. The number of thiazole rings is 1. The molecule has 0 bridgehead atoms. The fourth-order valence-electron chi connectivity index (χ4n) is 3.57. The smallest absolute Gasteiger partial charge is 0.254 e. The molecule has 1 amide bonds. The van der Waals surface area contributed by atoms with Crippen molar-refractivity contribution >= 4 is 28.0 Å². The topological polar surface area (TPSA) is 42.4 Å². The van der Waals surface area contributed by atoms with E-state index in [2.05, 4.69) is 32.0 Å². The van der Waals surface area contributed by atoms with Gasteiger partial charge in [0.2, 0.25) is 0 Å². The molecule has 4 aromatic rings. The molecule has 31 heavy (non-hydrogen) atoms. The standard InChI is InChI=1S/C26H26N2O2S/c1-19(2)15-28(26(29)21-10-4-3-5-11-21)16-22-18-31-25(27-22)17-30-24-14-8-12-20-9-6-7-13-23(20)24/h3-14,18-19H,15-17H2,1-2H3. The minimum Gasteiger partial charge on any atom is -0.486 e. The number of hydrogen-bond acceptors (Lipinski definition) is 4. The van der Waals surface area contributed by atoms with Crippen molar-refractivity contribution in [3.8, 4) is 5.75 Å². The zero-order valence-electron chi connectivity index (χ0n) is 17.8. The van der Waals surface area contributed by atoms with E-state index in [0.717, 1.165) is 27.2 Å². The number of amides is 1. The lowest BCUT2D eigenvalue weighted by Gasteiger charge is -2.24. The second-order valence-electron chi connectivity index (χ2n) is 7.94. The summed E-state index contributed by atoms with van der Waals surface area (Å²) in [6.07, 6.45) is 0. The Morgan fingerprint density at radius 1 is 1.00 bits per heavy atom. The summed E-state index contributed by atoms with van der Waals surface area (Å²) in [5, 5.41) is 5.18. The fraction of sp³-hybridized carbons (Fsp3) is 0.231. The number of carbonyl (C=O) groups is 1. The number of nitrogens with zero attached hydrogens (tertiary/aromatic N) is 2. The minimum atomic E-state index is 0.0378. The zero-order chi connectivity index (χ0) is 21.6. The van der Waals surface area contributed by atoms with Gasteiger partial charge >= 0.3 is 0 Å². The van der Waals surface area contributed by atoms with Crippen LogP contribution in [0.5, 0.6) is 5.75 Å². The van der Waals surface area contributed by atoms with Crippen molar-refractivity contribution in [1.82, 2.24) is 9.88 Å². The highest BCUT2D eigenvalue weighted by Gasteiger charge is 2.18. The Labute approximate surface area is 187 Å². The molecule has 0 aliphatic carbocycles. The number of rotatable bonds is 8. The van der Waals surface area contributed by atoms with Crippen molar-refractivity contribution in [1.29, 1.82) is 0 Å². The highest BCUT2D eigenvalue weighted by atomic mass is 32.1. The number of benzene rings is 3. The summed E-state index contributed by atoms with van der Waals surface area (Å²) in [7, 11) is 0. The van der Waals surface area contributed by atoms with Gasteiger partial charge in [-0.05, 0) is 29.5 Å². The van der Waals surface area contributed by atoms with Crippen molar-refractivity contribution in [3.63, 3.8) is 0 Å². The van der Waals surface area contributed by atoms with Crippen molar-refractivity contribution in [3.05, 3.63) is 94.4 Å². The first-order valence-corrected chi connectivity index (χ1v) is 11.4. The van der Waals surface area contributed by atoms with E-state index in [1.165, 1.54) is 0 Å². The van der Waals surface area contributed by atoms with Crippen LogP contribution in [-0.4, -0.2) is 22.3 Å². The van der Waals surface area contributed by atoms with Crippen LogP contribution >= 0.6 is 11.3 Å². The Kier molecular flexibility index (Phi) is 6.63. The molecule has 5 heteroatoms.